The predicted octanol–water partition coefficient (Wildman–Crippen LogP) is 3.42. The summed E-state index contributed by atoms with van der Waals surface area (Å²) < 4.78 is 1.79. The molecule has 130 valence electrons. The van der Waals surface area contributed by atoms with Gasteiger partial charge in [0.15, 0.2) is 0 Å². The van der Waals surface area contributed by atoms with Crippen molar-refractivity contribution in [3.8, 4) is 0 Å². The molecule has 5 nitrogen and oxygen atoms in total. The van der Waals surface area contributed by atoms with Crippen LogP contribution in [0, 0.1) is 0 Å². The molecule has 0 atom stereocenters. The van der Waals surface area contributed by atoms with Crippen molar-refractivity contribution in [2.24, 2.45) is 0 Å². The Hall–Kier alpha value is -1.95. The summed E-state index contributed by atoms with van der Waals surface area (Å²) in [6.07, 6.45) is 0. The number of rotatable bonds is 3. The van der Waals surface area contributed by atoms with Crippen molar-refractivity contribution in [3.63, 3.8) is 0 Å². The summed E-state index contributed by atoms with van der Waals surface area (Å²) in [4.78, 5) is 19.7. The number of hydrogen-bond acceptors (Lipinski definition) is 3. The summed E-state index contributed by atoms with van der Waals surface area (Å²) in [6.45, 7) is 4.04. The van der Waals surface area contributed by atoms with Crippen LogP contribution < -0.4 is 10.6 Å². The minimum Gasteiger partial charge on any atom is -0.368 e. The summed E-state index contributed by atoms with van der Waals surface area (Å²) in [6, 6.07) is 13.4. The monoisotopic (exact) mass is 376 g/mol. The first-order valence-electron chi connectivity index (χ1n) is 8.22. The summed E-state index contributed by atoms with van der Waals surface area (Å²) in [7, 11) is 0. The minimum atomic E-state index is -0.0654. The molecule has 1 aliphatic heterocycles. The van der Waals surface area contributed by atoms with E-state index in [1.54, 1.807) is 10.6 Å². The number of halogens is 2. The molecule has 0 amide bonds. The maximum Gasteiger partial charge on any atom is 0.327 e. The van der Waals surface area contributed by atoms with Crippen molar-refractivity contribution >= 4 is 39.9 Å². The Balaban J connectivity index is 1.47. The van der Waals surface area contributed by atoms with Gasteiger partial charge in [0.05, 0.1) is 28.4 Å². The van der Waals surface area contributed by atoms with E-state index in [0.29, 0.717) is 16.7 Å². The SMILES string of the molecule is O=c1[nH]c2ccccc2n1CN1CCN(c2ccc(Cl)cc2Cl)CC1. The molecular formula is C18H18Cl2N4O. The Morgan fingerprint density at radius 1 is 1.00 bits per heavy atom. The largest absolute Gasteiger partial charge is 0.368 e. The van der Waals surface area contributed by atoms with Gasteiger partial charge in [0, 0.05) is 31.2 Å². The molecule has 0 unspecified atom stereocenters. The third-order valence-corrected chi connectivity index (χ3v) is 5.18. The zero-order valence-corrected chi connectivity index (χ0v) is 15.1. The van der Waals surface area contributed by atoms with Gasteiger partial charge < -0.3 is 9.88 Å². The van der Waals surface area contributed by atoms with Crippen LogP contribution in [0.15, 0.2) is 47.3 Å². The van der Waals surface area contributed by atoms with Gasteiger partial charge in [-0.25, -0.2) is 4.79 Å². The van der Waals surface area contributed by atoms with Gasteiger partial charge in [-0.1, -0.05) is 35.3 Å². The van der Waals surface area contributed by atoms with Gasteiger partial charge in [0.1, 0.15) is 0 Å². The molecule has 4 rings (SSSR count). The van der Waals surface area contributed by atoms with Crippen molar-refractivity contribution in [2.75, 3.05) is 31.1 Å². The van der Waals surface area contributed by atoms with E-state index < -0.39 is 0 Å². The first-order chi connectivity index (χ1) is 12.1. The molecule has 1 fully saturated rings. The van der Waals surface area contributed by atoms with Gasteiger partial charge in [-0.15, -0.1) is 0 Å². The van der Waals surface area contributed by atoms with Crippen molar-refractivity contribution in [3.05, 3.63) is 63.0 Å². The van der Waals surface area contributed by atoms with Gasteiger partial charge in [-0.3, -0.25) is 9.47 Å². The minimum absolute atomic E-state index is 0.0654. The fourth-order valence-electron chi connectivity index (χ4n) is 3.32. The van der Waals surface area contributed by atoms with Crippen molar-refractivity contribution < 1.29 is 0 Å². The third kappa shape index (κ3) is 3.27. The number of nitrogens with one attached hydrogen (secondary N) is 1. The second kappa shape index (κ2) is 6.75. The molecule has 0 spiro atoms. The molecule has 2 heterocycles. The Morgan fingerprint density at radius 3 is 2.52 bits per heavy atom. The van der Waals surface area contributed by atoms with Crippen LogP contribution in [0.3, 0.4) is 0 Å². The van der Waals surface area contributed by atoms with Gasteiger partial charge in [-0.05, 0) is 30.3 Å². The lowest BCUT2D eigenvalue weighted by Gasteiger charge is -2.36. The number of fused-ring (bicyclic) bond motifs is 1. The maximum atomic E-state index is 12.2. The maximum absolute atomic E-state index is 12.2. The van der Waals surface area contributed by atoms with Gasteiger partial charge >= 0.3 is 5.69 Å². The summed E-state index contributed by atoms with van der Waals surface area (Å²) in [5.41, 5.74) is 2.76. The number of imidazole rings is 1. The van der Waals surface area contributed by atoms with E-state index in [-0.39, 0.29) is 5.69 Å². The number of hydrogen-bond donors (Lipinski definition) is 1. The van der Waals surface area contributed by atoms with Gasteiger partial charge in [-0.2, -0.15) is 0 Å². The van der Waals surface area contributed by atoms with Gasteiger partial charge in [0.25, 0.3) is 0 Å². The fourth-order valence-corrected chi connectivity index (χ4v) is 3.84. The highest BCUT2D eigenvalue weighted by molar-refractivity contribution is 6.36. The molecule has 3 aromatic rings. The average molecular weight is 377 g/mol. The number of aromatic amines is 1. The van der Waals surface area contributed by atoms with E-state index in [1.807, 2.05) is 36.4 Å². The van der Waals surface area contributed by atoms with Crippen LogP contribution in [0.5, 0.6) is 0 Å². The van der Waals surface area contributed by atoms with E-state index in [2.05, 4.69) is 14.8 Å². The summed E-state index contributed by atoms with van der Waals surface area (Å²) in [5, 5.41) is 1.32. The summed E-state index contributed by atoms with van der Waals surface area (Å²) >= 11 is 12.3. The Labute approximate surface area is 155 Å². The van der Waals surface area contributed by atoms with Crippen LogP contribution in [-0.2, 0) is 6.67 Å². The number of para-hydroxylation sites is 2. The molecule has 0 saturated carbocycles. The number of H-pyrrole nitrogens is 1. The second-order valence-corrected chi connectivity index (χ2v) is 7.06. The van der Waals surface area contributed by atoms with E-state index in [1.165, 1.54) is 0 Å². The second-order valence-electron chi connectivity index (χ2n) is 6.22. The molecule has 0 radical (unpaired) electrons. The number of anilines is 1. The highest BCUT2D eigenvalue weighted by Gasteiger charge is 2.20. The lowest BCUT2D eigenvalue weighted by molar-refractivity contribution is 0.206. The van der Waals surface area contributed by atoms with Crippen molar-refractivity contribution in [1.29, 1.82) is 0 Å². The van der Waals surface area contributed by atoms with E-state index in [0.717, 1.165) is 42.9 Å². The third-order valence-electron chi connectivity index (χ3n) is 4.65. The number of nitrogens with zero attached hydrogens (tertiary/aromatic N) is 3. The number of benzene rings is 2. The van der Waals surface area contributed by atoms with Crippen molar-refractivity contribution in [2.45, 2.75) is 6.67 Å². The molecule has 25 heavy (non-hydrogen) atoms. The first kappa shape index (κ1) is 16.5. The molecular weight excluding hydrogens is 359 g/mol. The van der Waals surface area contributed by atoms with Crippen molar-refractivity contribution in [1.82, 2.24) is 14.5 Å². The van der Waals surface area contributed by atoms with Gasteiger partial charge in [0.2, 0.25) is 0 Å². The van der Waals surface area contributed by atoms with E-state index >= 15 is 0 Å². The zero-order valence-electron chi connectivity index (χ0n) is 13.6. The molecule has 0 bridgehead atoms. The molecule has 7 heteroatoms. The predicted molar refractivity (Wildman–Crippen MR) is 103 cm³/mol. The average Bonchev–Trinajstić information content (AvgIpc) is 2.92. The summed E-state index contributed by atoms with van der Waals surface area (Å²) in [5.74, 6) is 0. The number of piperazine rings is 1. The smallest absolute Gasteiger partial charge is 0.327 e. The van der Waals surface area contributed by atoms with Crippen LogP contribution in [0.25, 0.3) is 11.0 Å². The Morgan fingerprint density at radius 2 is 1.76 bits per heavy atom. The van der Waals surface area contributed by atoms with Crippen LogP contribution in [0.2, 0.25) is 10.0 Å². The standard InChI is InChI=1S/C18H18Cl2N4O/c19-13-5-6-16(14(20)11-13)23-9-7-22(8-10-23)12-24-17-4-2-1-3-15(17)21-18(24)25/h1-6,11H,7-10,12H2,(H,21,25). The number of aromatic nitrogens is 2. The fraction of sp³-hybridized carbons (Fsp3) is 0.278. The van der Waals surface area contributed by atoms with Crippen LogP contribution in [0.1, 0.15) is 0 Å². The van der Waals surface area contributed by atoms with E-state index in [9.17, 15) is 4.79 Å². The Kier molecular flexibility index (Phi) is 4.46. The lowest BCUT2D eigenvalue weighted by atomic mass is 10.2. The molecule has 2 aromatic carbocycles. The molecule has 1 N–H and O–H groups in total. The normalized spacial score (nSPS) is 15.8. The van der Waals surface area contributed by atoms with Crippen LogP contribution in [0.4, 0.5) is 5.69 Å². The molecule has 1 saturated heterocycles. The molecule has 0 aliphatic carbocycles. The topological polar surface area (TPSA) is 44.3 Å². The first-order valence-corrected chi connectivity index (χ1v) is 8.97. The Bertz CT molecular complexity index is 957. The highest BCUT2D eigenvalue weighted by Crippen LogP contribution is 2.29. The quantitative estimate of drug-likeness (QED) is 0.761. The van der Waals surface area contributed by atoms with E-state index in [4.69, 9.17) is 23.2 Å². The molecule has 1 aliphatic rings. The highest BCUT2D eigenvalue weighted by atomic mass is 35.5. The van der Waals surface area contributed by atoms with Crippen LogP contribution >= 0.6 is 23.2 Å². The zero-order chi connectivity index (χ0) is 17.4. The van der Waals surface area contributed by atoms with Crippen LogP contribution in [-0.4, -0.2) is 40.6 Å². The lowest BCUT2D eigenvalue weighted by Crippen LogP contribution is -2.47. The molecule has 1 aromatic heterocycles.